The zero-order chi connectivity index (χ0) is 21.0. The Morgan fingerprint density at radius 3 is 1.32 bits per heavy atom. The van der Waals surface area contributed by atoms with Crippen LogP contribution in [0.5, 0.6) is 11.5 Å². The first-order valence-corrected chi connectivity index (χ1v) is 12.2. The third-order valence-corrected chi connectivity index (χ3v) is 8.95. The van der Waals surface area contributed by atoms with Gasteiger partial charge in [-0.25, -0.2) is 0 Å². The van der Waals surface area contributed by atoms with Crippen LogP contribution in [0.1, 0.15) is 11.1 Å². The van der Waals surface area contributed by atoms with E-state index in [0.717, 1.165) is 34.2 Å². The van der Waals surface area contributed by atoms with Crippen LogP contribution in [-0.2, 0) is 0 Å². The van der Waals surface area contributed by atoms with Crippen LogP contribution < -0.4 is 18.0 Å². The van der Waals surface area contributed by atoms with E-state index in [-0.39, 0.29) is 0 Å². The van der Waals surface area contributed by atoms with Crippen molar-refractivity contribution in [2.24, 2.45) is 0 Å². The van der Waals surface area contributed by atoms with Gasteiger partial charge >= 0.3 is 8.88 Å². The molecule has 0 saturated carbocycles. The van der Waals surface area contributed by atoms with Crippen LogP contribution in [0.3, 0.4) is 0 Å². The summed E-state index contributed by atoms with van der Waals surface area (Å²) in [5.41, 5.74) is 6.63. The van der Waals surface area contributed by atoms with Gasteiger partial charge in [0.2, 0.25) is 0 Å². The number of benzene rings is 4. The first kappa shape index (κ1) is 18.1. The fourth-order valence-electron chi connectivity index (χ4n) is 4.34. The van der Waals surface area contributed by atoms with Crippen LogP contribution in [0.25, 0.3) is 0 Å². The second kappa shape index (κ2) is 6.65. The molecule has 0 bridgehead atoms. The zero-order valence-electron chi connectivity index (χ0n) is 17.4. The molecule has 2 heterocycles. The van der Waals surface area contributed by atoms with E-state index in [0.29, 0.717) is 0 Å². The fraction of sp³-hybridized carbons (Fsp3) is 0.0769. The smallest absolute Gasteiger partial charge is 0.478 e. The van der Waals surface area contributed by atoms with E-state index in [9.17, 15) is 0 Å². The molecular formula is C26H22N2O2Si. The molecule has 0 N–H and O–H groups in total. The summed E-state index contributed by atoms with van der Waals surface area (Å²) in [7, 11) is -3.19. The largest absolute Gasteiger partial charge is 0.733 e. The van der Waals surface area contributed by atoms with Crippen LogP contribution in [0.15, 0.2) is 97.1 Å². The average Bonchev–Trinajstić information content (AvgIpc) is 3.29. The van der Waals surface area contributed by atoms with Crippen molar-refractivity contribution in [3.63, 3.8) is 0 Å². The summed E-state index contributed by atoms with van der Waals surface area (Å²) >= 11 is 0. The number of hydrogen-bond acceptors (Lipinski definition) is 4. The van der Waals surface area contributed by atoms with Crippen LogP contribution in [0, 0.1) is 13.8 Å². The van der Waals surface area contributed by atoms with Crippen LogP contribution in [0.2, 0.25) is 0 Å². The fourth-order valence-corrected chi connectivity index (χ4v) is 7.80. The van der Waals surface area contributed by atoms with E-state index in [4.69, 9.17) is 8.85 Å². The van der Waals surface area contributed by atoms with E-state index in [2.05, 4.69) is 95.8 Å². The highest BCUT2D eigenvalue weighted by atomic mass is 28.4. The summed E-state index contributed by atoms with van der Waals surface area (Å²) in [5.74, 6) is 1.69. The number of fused-ring (bicyclic) bond motifs is 2. The minimum atomic E-state index is -3.19. The molecule has 152 valence electrons. The molecule has 0 unspecified atom stereocenters. The molecule has 0 aromatic heterocycles. The van der Waals surface area contributed by atoms with Crippen molar-refractivity contribution in [3.05, 3.63) is 108 Å². The van der Waals surface area contributed by atoms with Gasteiger partial charge in [0.05, 0.1) is 11.4 Å². The molecule has 2 aliphatic rings. The maximum atomic E-state index is 6.80. The van der Waals surface area contributed by atoms with Crippen molar-refractivity contribution in [3.8, 4) is 11.5 Å². The molecule has 31 heavy (non-hydrogen) atoms. The SMILES string of the molecule is Cc1ccc(N2c3ccccc3O[Si]23Oc2ccccc2N3c2ccc(C)cc2)cc1. The van der Waals surface area contributed by atoms with Crippen molar-refractivity contribution >= 4 is 31.6 Å². The summed E-state index contributed by atoms with van der Waals surface area (Å²) in [4.78, 5) is 0. The molecule has 0 amide bonds. The lowest BCUT2D eigenvalue weighted by atomic mass is 10.2. The van der Waals surface area contributed by atoms with E-state index >= 15 is 0 Å². The van der Waals surface area contributed by atoms with Gasteiger partial charge in [-0.15, -0.1) is 0 Å². The van der Waals surface area contributed by atoms with Crippen molar-refractivity contribution < 1.29 is 8.85 Å². The quantitative estimate of drug-likeness (QED) is 0.344. The Kier molecular flexibility index (Phi) is 3.88. The van der Waals surface area contributed by atoms with Crippen LogP contribution in [0.4, 0.5) is 22.7 Å². The molecule has 2 aliphatic heterocycles. The second-order valence-corrected chi connectivity index (χ2v) is 10.4. The van der Waals surface area contributed by atoms with Crippen LogP contribution in [-0.4, -0.2) is 8.88 Å². The van der Waals surface area contributed by atoms with Gasteiger partial charge in [-0.1, -0.05) is 59.7 Å². The lowest BCUT2D eigenvalue weighted by Gasteiger charge is -2.35. The van der Waals surface area contributed by atoms with E-state index < -0.39 is 8.88 Å². The molecule has 0 radical (unpaired) electrons. The van der Waals surface area contributed by atoms with Gasteiger partial charge in [-0.2, -0.15) is 0 Å². The predicted molar refractivity (Wildman–Crippen MR) is 127 cm³/mol. The molecule has 0 saturated heterocycles. The predicted octanol–water partition coefficient (Wildman–Crippen LogP) is 6.50. The molecule has 1 spiro atoms. The van der Waals surface area contributed by atoms with Crippen LogP contribution >= 0.6 is 0 Å². The Bertz CT molecular complexity index is 1170. The molecule has 4 aromatic rings. The Balaban J connectivity index is 1.61. The highest BCUT2D eigenvalue weighted by molar-refractivity contribution is 6.81. The molecule has 0 fully saturated rings. The lowest BCUT2D eigenvalue weighted by Crippen LogP contribution is -2.67. The number of hydrogen-bond donors (Lipinski definition) is 0. The molecule has 6 rings (SSSR count). The van der Waals surface area contributed by atoms with Gasteiger partial charge in [-0.3, -0.25) is 9.13 Å². The third-order valence-electron chi connectivity index (χ3n) is 5.85. The van der Waals surface area contributed by atoms with Gasteiger partial charge in [0.25, 0.3) is 0 Å². The summed E-state index contributed by atoms with van der Waals surface area (Å²) in [6, 6.07) is 33.5. The van der Waals surface area contributed by atoms with Crippen molar-refractivity contribution in [2.75, 3.05) is 9.13 Å². The maximum absolute atomic E-state index is 6.80. The van der Waals surface area contributed by atoms with E-state index in [1.165, 1.54) is 11.1 Å². The summed E-state index contributed by atoms with van der Waals surface area (Å²) in [6.07, 6.45) is 0. The second-order valence-electron chi connectivity index (χ2n) is 8.03. The topological polar surface area (TPSA) is 24.9 Å². The maximum Gasteiger partial charge on any atom is 0.733 e. The number of para-hydroxylation sites is 4. The summed E-state index contributed by atoms with van der Waals surface area (Å²) in [6.45, 7) is 4.21. The van der Waals surface area contributed by atoms with Crippen molar-refractivity contribution in [2.45, 2.75) is 13.8 Å². The molecular weight excluding hydrogens is 400 g/mol. The third kappa shape index (κ3) is 2.67. The molecule has 4 nitrogen and oxygen atoms in total. The molecule has 5 heteroatoms. The Labute approximate surface area is 183 Å². The lowest BCUT2D eigenvalue weighted by molar-refractivity contribution is 0.413. The minimum absolute atomic E-state index is 0.847. The van der Waals surface area contributed by atoms with Gasteiger partial charge in [0.1, 0.15) is 11.5 Å². The van der Waals surface area contributed by atoms with Gasteiger partial charge in [0.15, 0.2) is 0 Å². The normalized spacial score (nSPS) is 15.4. The Morgan fingerprint density at radius 1 is 0.516 bits per heavy atom. The van der Waals surface area contributed by atoms with E-state index in [1.54, 1.807) is 0 Å². The summed E-state index contributed by atoms with van der Waals surface area (Å²) in [5, 5.41) is 0. The van der Waals surface area contributed by atoms with Gasteiger partial charge in [-0.05, 0) is 62.4 Å². The molecule has 0 aliphatic carbocycles. The van der Waals surface area contributed by atoms with E-state index in [1.807, 2.05) is 24.3 Å². The Hall–Kier alpha value is -3.70. The highest BCUT2D eigenvalue weighted by Crippen LogP contribution is 2.54. The first-order valence-electron chi connectivity index (χ1n) is 10.5. The Morgan fingerprint density at radius 2 is 0.903 bits per heavy atom. The number of rotatable bonds is 2. The minimum Gasteiger partial charge on any atom is -0.478 e. The monoisotopic (exact) mass is 422 g/mol. The standard InChI is InChI=1S/C26H22N2O2Si/c1-19-11-15-21(16-12-19)27-23-7-3-5-9-25(23)29-31(27)28(22-17-13-20(2)14-18-22)24-8-4-6-10-26(24)30-31/h3-18H,1-2H3. The molecule has 4 aromatic carbocycles. The zero-order valence-corrected chi connectivity index (χ0v) is 18.4. The first-order chi connectivity index (χ1) is 15.2. The average molecular weight is 423 g/mol. The number of aryl methyl sites for hydroxylation is 2. The highest BCUT2D eigenvalue weighted by Gasteiger charge is 2.68. The van der Waals surface area contributed by atoms with Gasteiger partial charge in [0, 0.05) is 11.4 Å². The molecule has 0 atom stereocenters. The number of nitrogens with zero attached hydrogens (tertiary/aromatic N) is 2. The number of anilines is 4. The summed E-state index contributed by atoms with van der Waals surface area (Å²) < 4.78 is 18.2. The van der Waals surface area contributed by atoms with Crippen molar-refractivity contribution in [1.82, 2.24) is 0 Å². The van der Waals surface area contributed by atoms with Gasteiger partial charge < -0.3 is 8.85 Å². The van der Waals surface area contributed by atoms with Crippen molar-refractivity contribution in [1.29, 1.82) is 0 Å².